The van der Waals surface area contributed by atoms with Crippen molar-refractivity contribution in [2.45, 2.75) is 20.0 Å². The van der Waals surface area contributed by atoms with E-state index in [-0.39, 0.29) is 5.97 Å². The van der Waals surface area contributed by atoms with Crippen LogP contribution in [-0.4, -0.2) is 12.6 Å². The normalized spacial score (nSPS) is 10.7. The topological polar surface area (TPSA) is 26.3 Å². The van der Waals surface area contributed by atoms with Crippen molar-refractivity contribution in [2.75, 3.05) is 6.61 Å². The van der Waals surface area contributed by atoms with Gasteiger partial charge in [-0.05, 0) is 70.8 Å². The van der Waals surface area contributed by atoms with Crippen molar-refractivity contribution in [2.24, 2.45) is 0 Å². The largest absolute Gasteiger partial charge is 0.462 e. The van der Waals surface area contributed by atoms with Crippen molar-refractivity contribution in [3.8, 4) is 22.3 Å². The smallest absolute Gasteiger partial charge is 0.338 e. The average Bonchev–Trinajstić information content (AvgIpc) is 2.70. The Bertz CT molecular complexity index is 963. The van der Waals surface area contributed by atoms with Gasteiger partial charge in [0.05, 0.1) is 12.2 Å². The van der Waals surface area contributed by atoms with Gasteiger partial charge in [-0.2, -0.15) is 0 Å². The van der Waals surface area contributed by atoms with E-state index in [0.717, 1.165) is 16.7 Å². The Morgan fingerprint density at radius 1 is 0.889 bits per heavy atom. The van der Waals surface area contributed by atoms with E-state index < -0.39 is 0 Å². The Morgan fingerprint density at radius 2 is 1.44 bits per heavy atom. The van der Waals surface area contributed by atoms with Gasteiger partial charge in [0.1, 0.15) is 0 Å². The summed E-state index contributed by atoms with van der Waals surface area (Å²) in [5.41, 5.74) is 7.53. The third-order valence-electron chi connectivity index (χ3n) is 4.64. The predicted octanol–water partition coefficient (Wildman–Crippen LogP) is 5.38. The highest BCUT2D eigenvalue weighted by atomic mass is 31.0. The summed E-state index contributed by atoms with van der Waals surface area (Å²) in [7, 11) is 5.45. The molecule has 0 amide bonds. The fraction of sp³-hybridized carbons (Fsp3) is 0.174. The fourth-order valence-electron chi connectivity index (χ4n) is 3.06. The predicted molar refractivity (Wildman–Crippen MR) is 121 cm³/mol. The summed E-state index contributed by atoms with van der Waals surface area (Å²) in [5, 5.41) is 1.22. The number of aryl methyl sites for hydroxylation is 1. The first-order valence-electron chi connectivity index (χ1n) is 9.00. The molecule has 0 heterocycles. The molecule has 0 spiro atoms. The second-order valence-electron chi connectivity index (χ2n) is 6.45. The number of ether oxygens (including phenoxy) is 1. The minimum atomic E-state index is -0.259. The van der Waals surface area contributed by atoms with E-state index in [2.05, 4.69) is 73.9 Å². The maximum absolute atomic E-state index is 12.1. The Hall–Kier alpha value is -2.01. The molecule has 0 bridgehead atoms. The lowest BCUT2D eigenvalue weighted by Crippen LogP contribution is -2.07. The van der Waals surface area contributed by atoms with Crippen molar-refractivity contribution in [1.29, 1.82) is 0 Å². The van der Waals surface area contributed by atoms with E-state index in [9.17, 15) is 4.79 Å². The lowest BCUT2D eigenvalue weighted by Gasteiger charge is -2.11. The average molecular weight is 394 g/mol. The molecule has 0 saturated heterocycles. The first kappa shape index (κ1) is 19.7. The molecule has 0 radical (unpaired) electrons. The first-order valence-corrected chi connectivity index (χ1v) is 10.4. The first-order chi connectivity index (χ1) is 13.0. The summed E-state index contributed by atoms with van der Waals surface area (Å²) in [4.78, 5) is 12.1. The molecule has 0 N–H and O–H groups in total. The Balaban J connectivity index is 1.90. The monoisotopic (exact) mass is 394 g/mol. The van der Waals surface area contributed by atoms with Crippen LogP contribution in [0.2, 0.25) is 0 Å². The number of esters is 1. The molecule has 4 heteroatoms. The zero-order chi connectivity index (χ0) is 19.4. The van der Waals surface area contributed by atoms with E-state index in [1.54, 1.807) is 0 Å². The van der Waals surface area contributed by atoms with Gasteiger partial charge < -0.3 is 4.74 Å². The van der Waals surface area contributed by atoms with Crippen molar-refractivity contribution in [3.63, 3.8) is 0 Å². The molecule has 0 saturated carbocycles. The van der Waals surface area contributed by atoms with E-state index in [1.165, 1.54) is 22.0 Å². The summed E-state index contributed by atoms with van der Waals surface area (Å²) >= 11 is 0. The summed E-state index contributed by atoms with van der Waals surface area (Å²) in [6, 6.07) is 20.9. The van der Waals surface area contributed by atoms with Crippen LogP contribution in [0.3, 0.4) is 0 Å². The van der Waals surface area contributed by atoms with Crippen molar-refractivity contribution < 1.29 is 9.53 Å². The maximum atomic E-state index is 12.1. The number of hydrogen-bond donors (Lipinski definition) is 0. The fourth-order valence-corrected chi connectivity index (χ4v) is 3.58. The number of benzene rings is 3. The molecule has 0 aromatic heterocycles. The minimum Gasteiger partial charge on any atom is -0.462 e. The molecule has 2 atom stereocenters. The number of carbonyl (C=O) groups excluding carboxylic acids is 1. The standard InChI is InChI=1S/C23H24O2P2/c1-3-25-23(24)21-10-8-19(13-20(21)14-26)17-6-4-16(5-7-17)18-9-11-22(27)15(2)12-18/h4-13H,3,14,26-27H2,1-2H3. The van der Waals surface area contributed by atoms with Gasteiger partial charge in [0.15, 0.2) is 0 Å². The Labute approximate surface area is 165 Å². The third kappa shape index (κ3) is 4.46. The van der Waals surface area contributed by atoms with Gasteiger partial charge in [-0.25, -0.2) is 4.79 Å². The molecule has 27 heavy (non-hydrogen) atoms. The summed E-state index contributed by atoms with van der Waals surface area (Å²) in [6.07, 6.45) is 0.709. The van der Waals surface area contributed by atoms with Crippen LogP contribution in [0.25, 0.3) is 22.3 Å². The molecule has 0 aliphatic carbocycles. The zero-order valence-electron chi connectivity index (χ0n) is 15.7. The molecule has 0 aliphatic rings. The highest BCUT2D eigenvalue weighted by Gasteiger charge is 2.12. The summed E-state index contributed by atoms with van der Waals surface area (Å²) in [5.74, 6) is -0.259. The molecule has 0 aliphatic heterocycles. The number of rotatable bonds is 5. The zero-order valence-corrected chi connectivity index (χ0v) is 18.0. The molecular formula is C23H24O2P2. The van der Waals surface area contributed by atoms with Crippen LogP contribution in [0.4, 0.5) is 0 Å². The molecular weight excluding hydrogens is 370 g/mol. The summed E-state index contributed by atoms with van der Waals surface area (Å²) < 4.78 is 5.15. The van der Waals surface area contributed by atoms with Crippen LogP contribution < -0.4 is 5.30 Å². The number of hydrogen-bond acceptors (Lipinski definition) is 2. The van der Waals surface area contributed by atoms with Gasteiger partial charge in [0.25, 0.3) is 0 Å². The minimum absolute atomic E-state index is 0.259. The quantitative estimate of drug-likeness (QED) is 0.429. The van der Waals surface area contributed by atoms with Crippen LogP contribution in [0.1, 0.15) is 28.4 Å². The highest BCUT2D eigenvalue weighted by Crippen LogP contribution is 2.28. The van der Waals surface area contributed by atoms with Crippen LogP contribution in [0, 0.1) is 6.92 Å². The Kier molecular flexibility index (Phi) is 6.42. The third-order valence-corrected chi connectivity index (χ3v) is 5.73. The van der Waals surface area contributed by atoms with Crippen molar-refractivity contribution in [1.82, 2.24) is 0 Å². The van der Waals surface area contributed by atoms with Gasteiger partial charge in [-0.1, -0.05) is 48.5 Å². The van der Waals surface area contributed by atoms with Crippen LogP contribution in [0.5, 0.6) is 0 Å². The number of carbonyl (C=O) groups is 1. The van der Waals surface area contributed by atoms with Gasteiger partial charge >= 0.3 is 5.97 Å². The van der Waals surface area contributed by atoms with Crippen molar-refractivity contribution in [3.05, 3.63) is 77.4 Å². The molecule has 3 rings (SSSR count). The van der Waals surface area contributed by atoms with Crippen molar-refractivity contribution >= 4 is 29.8 Å². The maximum Gasteiger partial charge on any atom is 0.338 e. The molecule has 2 nitrogen and oxygen atoms in total. The Morgan fingerprint density at radius 3 is 2.00 bits per heavy atom. The molecule has 3 aromatic carbocycles. The highest BCUT2D eigenvalue weighted by molar-refractivity contribution is 7.27. The van der Waals surface area contributed by atoms with Crippen LogP contribution >= 0.6 is 18.5 Å². The lowest BCUT2D eigenvalue weighted by molar-refractivity contribution is 0.0525. The SMILES string of the molecule is CCOC(=O)c1ccc(-c2ccc(-c3ccc(P)c(C)c3)cc2)cc1CP. The molecule has 138 valence electrons. The lowest BCUT2D eigenvalue weighted by atomic mass is 9.97. The van der Waals surface area contributed by atoms with E-state index >= 15 is 0 Å². The van der Waals surface area contributed by atoms with E-state index in [1.807, 2.05) is 19.1 Å². The van der Waals surface area contributed by atoms with E-state index in [4.69, 9.17) is 4.74 Å². The second-order valence-corrected chi connectivity index (χ2v) is 7.48. The molecule has 3 aromatic rings. The molecule has 0 fully saturated rings. The van der Waals surface area contributed by atoms with E-state index in [0.29, 0.717) is 18.3 Å². The van der Waals surface area contributed by atoms with Crippen LogP contribution in [-0.2, 0) is 10.9 Å². The van der Waals surface area contributed by atoms with Gasteiger partial charge in [0.2, 0.25) is 0 Å². The summed E-state index contributed by atoms with van der Waals surface area (Å²) in [6.45, 7) is 4.33. The van der Waals surface area contributed by atoms with Gasteiger partial charge in [-0.3, -0.25) is 0 Å². The van der Waals surface area contributed by atoms with Crippen LogP contribution in [0.15, 0.2) is 60.7 Å². The second kappa shape index (κ2) is 8.79. The molecule has 2 unspecified atom stereocenters. The van der Waals surface area contributed by atoms with Gasteiger partial charge in [-0.15, -0.1) is 18.5 Å². The van der Waals surface area contributed by atoms with Gasteiger partial charge in [0, 0.05) is 0 Å².